The molecule has 7 heteroatoms. The zero-order valence-corrected chi connectivity index (χ0v) is 13.1. The Kier molecular flexibility index (Phi) is 4.16. The van der Waals surface area contributed by atoms with Gasteiger partial charge >= 0.3 is 5.97 Å². The Morgan fingerprint density at radius 1 is 1.30 bits per heavy atom. The zero-order chi connectivity index (χ0) is 16.4. The van der Waals surface area contributed by atoms with Gasteiger partial charge in [0.25, 0.3) is 0 Å². The van der Waals surface area contributed by atoms with Gasteiger partial charge in [0.2, 0.25) is 0 Å². The molecule has 1 heterocycles. The van der Waals surface area contributed by atoms with Crippen LogP contribution in [0.2, 0.25) is 0 Å². The van der Waals surface area contributed by atoms with Crippen LogP contribution < -0.4 is 19.2 Å². The highest BCUT2D eigenvalue weighted by molar-refractivity contribution is 6.29. The summed E-state index contributed by atoms with van der Waals surface area (Å²) in [6.45, 7) is 0.240. The van der Waals surface area contributed by atoms with Gasteiger partial charge in [-0.05, 0) is 24.3 Å². The van der Waals surface area contributed by atoms with Gasteiger partial charge in [0.05, 0.1) is 18.4 Å². The number of fused-ring (bicyclic) bond motifs is 1. The smallest absolute Gasteiger partial charge is 0.337 e. The van der Waals surface area contributed by atoms with Crippen molar-refractivity contribution in [2.45, 2.75) is 6.17 Å². The van der Waals surface area contributed by atoms with E-state index in [0.29, 0.717) is 22.9 Å². The standard InChI is InChI=1S/C16H15ClN2O4/c1-22-12-8-7-11(16(20)21)14-15(12)19(17)13(18-14)9-23-10-5-3-2-4-6-10/h2-8,13,18H,9H2,1H3,(H,20,21). The summed E-state index contributed by atoms with van der Waals surface area (Å²) in [5.74, 6) is 0.168. The number of methoxy groups -OCH3 is 1. The maximum Gasteiger partial charge on any atom is 0.337 e. The molecule has 2 aromatic carbocycles. The van der Waals surface area contributed by atoms with Gasteiger partial charge in [-0.3, -0.25) is 4.42 Å². The number of rotatable bonds is 5. The molecule has 1 aliphatic rings. The van der Waals surface area contributed by atoms with E-state index in [-0.39, 0.29) is 12.2 Å². The molecule has 6 nitrogen and oxygen atoms in total. The van der Waals surface area contributed by atoms with Crippen molar-refractivity contribution < 1.29 is 19.4 Å². The van der Waals surface area contributed by atoms with E-state index in [2.05, 4.69) is 5.32 Å². The fraction of sp³-hybridized carbons (Fsp3) is 0.188. The third-order valence-corrected chi connectivity index (χ3v) is 3.95. The molecular weight excluding hydrogens is 320 g/mol. The van der Waals surface area contributed by atoms with Gasteiger partial charge in [-0.1, -0.05) is 18.2 Å². The van der Waals surface area contributed by atoms with E-state index in [0.717, 1.165) is 0 Å². The van der Waals surface area contributed by atoms with Gasteiger partial charge in [0.15, 0.2) is 0 Å². The molecule has 2 N–H and O–H groups in total. The summed E-state index contributed by atoms with van der Waals surface area (Å²) in [6, 6.07) is 12.4. The van der Waals surface area contributed by atoms with Gasteiger partial charge in [-0.2, -0.15) is 0 Å². The highest BCUT2D eigenvalue weighted by Gasteiger charge is 2.34. The van der Waals surface area contributed by atoms with E-state index in [9.17, 15) is 9.90 Å². The van der Waals surface area contributed by atoms with Gasteiger partial charge in [0.1, 0.15) is 30.0 Å². The normalized spacial score (nSPS) is 15.7. The second kappa shape index (κ2) is 6.26. The Morgan fingerprint density at radius 3 is 2.70 bits per heavy atom. The molecule has 0 bridgehead atoms. The fourth-order valence-electron chi connectivity index (χ4n) is 2.45. The van der Waals surface area contributed by atoms with E-state index < -0.39 is 12.1 Å². The van der Waals surface area contributed by atoms with Crippen LogP contribution >= 0.6 is 11.8 Å². The van der Waals surface area contributed by atoms with Crippen LogP contribution in [0.15, 0.2) is 42.5 Å². The van der Waals surface area contributed by atoms with Gasteiger partial charge in [0, 0.05) is 11.8 Å². The molecule has 0 spiro atoms. The Bertz CT molecular complexity index is 724. The molecule has 23 heavy (non-hydrogen) atoms. The van der Waals surface area contributed by atoms with E-state index in [1.54, 1.807) is 6.07 Å². The fourth-order valence-corrected chi connectivity index (χ4v) is 2.72. The number of nitrogens with zero attached hydrogens (tertiary/aromatic N) is 1. The van der Waals surface area contributed by atoms with Crippen molar-refractivity contribution >= 4 is 29.1 Å². The quantitative estimate of drug-likeness (QED) is 0.818. The second-order valence-electron chi connectivity index (χ2n) is 4.94. The lowest BCUT2D eigenvalue weighted by Gasteiger charge is -2.20. The van der Waals surface area contributed by atoms with Crippen LogP contribution in [0.1, 0.15) is 10.4 Å². The highest BCUT2D eigenvalue weighted by Crippen LogP contribution is 2.45. The van der Waals surface area contributed by atoms with Crippen LogP contribution in [0.25, 0.3) is 0 Å². The molecule has 1 atom stereocenters. The number of halogens is 1. The summed E-state index contributed by atoms with van der Waals surface area (Å²) < 4.78 is 12.4. The molecule has 0 amide bonds. The number of carbonyl (C=O) groups is 1. The van der Waals surface area contributed by atoms with E-state index in [4.69, 9.17) is 21.3 Å². The van der Waals surface area contributed by atoms with Gasteiger partial charge < -0.3 is 19.9 Å². The number of aromatic carboxylic acids is 1. The number of nitrogens with one attached hydrogen (secondary N) is 1. The monoisotopic (exact) mass is 334 g/mol. The number of benzene rings is 2. The average Bonchev–Trinajstić information content (AvgIpc) is 2.90. The number of hydrogen-bond donors (Lipinski definition) is 2. The molecule has 1 aliphatic heterocycles. The Hall–Kier alpha value is -2.60. The molecule has 1 unspecified atom stereocenters. The third-order valence-electron chi connectivity index (χ3n) is 3.54. The minimum absolute atomic E-state index is 0.133. The number of carboxylic acid groups (broad SMARTS) is 1. The van der Waals surface area contributed by atoms with Crippen molar-refractivity contribution in [3.63, 3.8) is 0 Å². The summed E-state index contributed by atoms with van der Waals surface area (Å²) in [6.07, 6.45) is -0.415. The predicted molar refractivity (Wildman–Crippen MR) is 87.6 cm³/mol. The molecule has 0 saturated heterocycles. The summed E-state index contributed by atoms with van der Waals surface area (Å²) in [7, 11) is 1.51. The van der Waals surface area contributed by atoms with Crippen molar-refractivity contribution in [1.29, 1.82) is 0 Å². The second-order valence-corrected chi connectivity index (χ2v) is 5.30. The lowest BCUT2D eigenvalue weighted by molar-refractivity contribution is 0.0698. The molecule has 0 saturated carbocycles. The van der Waals surface area contributed by atoms with Crippen molar-refractivity contribution in [2.24, 2.45) is 0 Å². The average molecular weight is 335 g/mol. The third kappa shape index (κ3) is 2.85. The Balaban J connectivity index is 1.84. The van der Waals surface area contributed by atoms with E-state index >= 15 is 0 Å². The van der Waals surface area contributed by atoms with Crippen LogP contribution in [0, 0.1) is 0 Å². The minimum Gasteiger partial charge on any atom is -0.494 e. The summed E-state index contributed by atoms with van der Waals surface area (Å²) in [5, 5.41) is 12.4. The Labute approximate surface area is 138 Å². The molecule has 0 aliphatic carbocycles. The summed E-state index contributed by atoms with van der Waals surface area (Å²) >= 11 is 6.35. The first-order valence-electron chi connectivity index (χ1n) is 6.95. The number of anilines is 2. The lowest BCUT2D eigenvalue weighted by atomic mass is 10.1. The van der Waals surface area contributed by atoms with Crippen LogP contribution in [0.4, 0.5) is 11.4 Å². The Morgan fingerprint density at radius 2 is 2.04 bits per heavy atom. The van der Waals surface area contributed by atoms with Crippen molar-refractivity contribution in [3.8, 4) is 11.5 Å². The first kappa shape index (κ1) is 15.3. The highest BCUT2D eigenvalue weighted by atomic mass is 35.5. The van der Waals surface area contributed by atoms with E-state index in [1.807, 2.05) is 30.3 Å². The van der Waals surface area contributed by atoms with Crippen LogP contribution in [-0.4, -0.2) is 31.0 Å². The largest absolute Gasteiger partial charge is 0.494 e. The lowest BCUT2D eigenvalue weighted by Crippen LogP contribution is -2.34. The van der Waals surface area contributed by atoms with Crippen LogP contribution in [0.5, 0.6) is 11.5 Å². The molecule has 3 rings (SSSR count). The van der Waals surface area contributed by atoms with Crippen molar-refractivity contribution in [3.05, 3.63) is 48.0 Å². The number of hydrogen-bond acceptors (Lipinski definition) is 5. The topological polar surface area (TPSA) is 71.0 Å². The molecule has 2 aromatic rings. The molecule has 120 valence electrons. The number of para-hydroxylation sites is 1. The van der Waals surface area contributed by atoms with Gasteiger partial charge in [-0.15, -0.1) is 0 Å². The minimum atomic E-state index is -1.04. The molecular formula is C16H15ClN2O4. The zero-order valence-electron chi connectivity index (χ0n) is 12.3. The van der Waals surface area contributed by atoms with Crippen molar-refractivity contribution in [2.75, 3.05) is 23.5 Å². The van der Waals surface area contributed by atoms with Gasteiger partial charge in [-0.25, -0.2) is 4.79 Å². The van der Waals surface area contributed by atoms with Crippen molar-refractivity contribution in [1.82, 2.24) is 0 Å². The number of ether oxygens (including phenoxy) is 2. The molecule has 0 radical (unpaired) electrons. The molecule has 0 aromatic heterocycles. The predicted octanol–water partition coefficient (Wildman–Crippen LogP) is 3.18. The SMILES string of the molecule is COc1ccc(C(=O)O)c2c1N(Cl)C(COc1ccccc1)N2. The maximum atomic E-state index is 11.4. The maximum absolute atomic E-state index is 11.4. The first-order valence-corrected chi connectivity index (χ1v) is 7.29. The molecule has 0 fully saturated rings. The van der Waals surface area contributed by atoms with Crippen LogP contribution in [0.3, 0.4) is 0 Å². The first-order chi connectivity index (χ1) is 11.1. The summed E-state index contributed by atoms with van der Waals surface area (Å²) in [5.41, 5.74) is 1.05. The number of carboxylic acids is 1. The van der Waals surface area contributed by atoms with E-state index in [1.165, 1.54) is 17.6 Å². The van der Waals surface area contributed by atoms with Crippen LogP contribution in [-0.2, 0) is 0 Å². The summed E-state index contributed by atoms with van der Waals surface area (Å²) in [4.78, 5) is 11.4.